The monoisotopic (exact) mass is 722 g/mol. The zero-order chi connectivity index (χ0) is 36.4. The van der Waals surface area contributed by atoms with Gasteiger partial charge in [0.2, 0.25) is 0 Å². The van der Waals surface area contributed by atoms with Crippen LogP contribution in [0.15, 0.2) is 121 Å². The molecule has 9 rings (SSSR count). The molecule has 2 aliphatic heterocycles. The second-order valence-corrected chi connectivity index (χ2v) is 15.2. The summed E-state index contributed by atoms with van der Waals surface area (Å²) in [6.07, 6.45) is -1.16. The molecule has 2 N–H and O–H groups in total. The van der Waals surface area contributed by atoms with Crippen molar-refractivity contribution in [1.29, 1.82) is 0 Å². The molecule has 54 heavy (non-hydrogen) atoms. The summed E-state index contributed by atoms with van der Waals surface area (Å²) in [7, 11) is 0. The van der Waals surface area contributed by atoms with Crippen LogP contribution < -0.4 is 9.47 Å². The summed E-state index contributed by atoms with van der Waals surface area (Å²) in [5.74, 6) is 1.38. The van der Waals surface area contributed by atoms with E-state index in [9.17, 15) is 10.2 Å². The number of benzene rings is 5. The van der Waals surface area contributed by atoms with Gasteiger partial charge in [0.25, 0.3) is 0 Å². The van der Waals surface area contributed by atoms with Crippen molar-refractivity contribution in [2.75, 3.05) is 78.7 Å². The molecular formula is C46H50N4O4. The van der Waals surface area contributed by atoms with Crippen molar-refractivity contribution in [2.24, 2.45) is 0 Å². The Morgan fingerprint density at radius 2 is 0.722 bits per heavy atom. The highest BCUT2D eigenvalue weighted by molar-refractivity contribution is 5.79. The van der Waals surface area contributed by atoms with Gasteiger partial charge in [0.1, 0.15) is 36.9 Å². The maximum absolute atomic E-state index is 10.8. The first-order valence-corrected chi connectivity index (χ1v) is 19.6. The van der Waals surface area contributed by atoms with Crippen molar-refractivity contribution in [1.82, 2.24) is 19.6 Å². The number of hydrogen-bond donors (Lipinski definition) is 2. The van der Waals surface area contributed by atoms with Crippen molar-refractivity contribution in [3.63, 3.8) is 0 Å². The molecule has 0 spiro atoms. The molecule has 5 aromatic rings. The lowest BCUT2D eigenvalue weighted by Gasteiger charge is -2.39. The van der Waals surface area contributed by atoms with Crippen molar-refractivity contribution in [2.45, 2.75) is 24.3 Å². The van der Waals surface area contributed by atoms with E-state index >= 15 is 0 Å². The molecule has 8 nitrogen and oxygen atoms in total. The summed E-state index contributed by atoms with van der Waals surface area (Å²) in [5.41, 5.74) is 11.0. The van der Waals surface area contributed by atoms with Crippen LogP contribution in [0, 0.1) is 0 Å². The number of aliphatic hydroxyl groups excluding tert-OH is 2. The average molecular weight is 723 g/mol. The van der Waals surface area contributed by atoms with Gasteiger partial charge in [0.05, 0.1) is 12.1 Å². The number of β-amino-alcohol motifs (C(OH)–C–C–N with tert-alkyl or cyclic N) is 2. The fraction of sp³-hybridized carbons (Fsp3) is 0.348. The Kier molecular flexibility index (Phi) is 10.2. The van der Waals surface area contributed by atoms with E-state index in [1.54, 1.807) is 0 Å². The van der Waals surface area contributed by atoms with Gasteiger partial charge in [-0.15, -0.1) is 0 Å². The van der Waals surface area contributed by atoms with Gasteiger partial charge in [-0.05, 0) is 68.8 Å². The highest BCUT2D eigenvalue weighted by atomic mass is 16.5. The Bertz CT molecular complexity index is 1800. The van der Waals surface area contributed by atoms with Gasteiger partial charge >= 0.3 is 0 Å². The maximum Gasteiger partial charge on any atom is 0.119 e. The minimum atomic E-state index is -0.581. The molecule has 2 aliphatic carbocycles. The summed E-state index contributed by atoms with van der Waals surface area (Å²) < 4.78 is 11.9. The van der Waals surface area contributed by atoms with Crippen LogP contribution in [-0.4, -0.2) is 121 Å². The minimum absolute atomic E-state index is 0.232. The topological polar surface area (TPSA) is 71.9 Å². The van der Waals surface area contributed by atoms with Crippen LogP contribution >= 0.6 is 0 Å². The molecule has 0 amide bonds. The largest absolute Gasteiger partial charge is 0.491 e. The van der Waals surface area contributed by atoms with E-state index in [2.05, 4.69) is 117 Å². The lowest BCUT2D eigenvalue weighted by molar-refractivity contribution is 0.0396. The molecule has 4 aliphatic rings. The molecule has 0 aromatic heterocycles. The van der Waals surface area contributed by atoms with Crippen LogP contribution in [0.2, 0.25) is 0 Å². The van der Waals surface area contributed by atoms with Crippen molar-refractivity contribution < 1.29 is 19.7 Å². The first kappa shape index (κ1) is 35.2. The fourth-order valence-electron chi connectivity index (χ4n) is 9.17. The van der Waals surface area contributed by atoms with Gasteiger partial charge in [-0.3, -0.25) is 19.6 Å². The van der Waals surface area contributed by atoms with Crippen molar-refractivity contribution >= 4 is 0 Å². The molecule has 2 saturated heterocycles. The predicted molar refractivity (Wildman–Crippen MR) is 213 cm³/mol. The van der Waals surface area contributed by atoms with E-state index in [1.807, 2.05) is 24.3 Å². The van der Waals surface area contributed by atoms with Crippen LogP contribution in [0.5, 0.6) is 11.5 Å². The molecule has 0 saturated carbocycles. The van der Waals surface area contributed by atoms with Crippen LogP contribution in [-0.2, 0) is 0 Å². The van der Waals surface area contributed by atoms with Crippen LogP contribution in [0.25, 0.3) is 22.3 Å². The SMILES string of the molecule is O[C@@H](COc1ccc(OC[C@H](O)CN2CCN(C3c4ccccc4-c4ccccc43)CC2)cc1)CN1CCN(C2c3ccccc3-c3ccccc32)CC1. The lowest BCUT2D eigenvalue weighted by atomic mass is 10.0. The maximum atomic E-state index is 10.8. The first-order chi connectivity index (χ1) is 26.6. The zero-order valence-electron chi connectivity index (χ0n) is 30.8. The summed E-state index contributed by atoms with van der Waals surface area (Å²) in [5, 5.41) is 21.7. The Morgan fingerprint density at radius 3 is 1.04 bits per heavy atom. The van der Waals surface area contributed by atoms with Gasteiger partial charge in [-0.25, -0.2) is 0 Å². The summed E-state index contributed by atoms with van der Waals surface area (Å²) >= 11 is 0. The highest BCUT2D eigenvalue weighted by Crippen LogP contribution is 2.47. The minimum Gasteiger partial charge on any atom is -0.491 e. The van der Waals surface area contributed by atoms with Gasteiger partial charge < -0.3 is 19.7 Å². The highest BCUT2D eigenvalue weighted by Gasteiger charge is 2.36. The molecule has 2 heterocycles. The number of hydrogen-bond acceptors (Lipinski definition) is 8. The van der Waals surface area contributed by atoms with Crippen molar-refractivity contribution in [3.05, 3.63) is 144 Å². The Labute approximate surface area is 318 Å². The number of aliphatic hydroxyl groups is 2. The van der Waals surface area contributed by atoms with E-state index in [0.29, 0.717) is 36.7 Å². The van der Waals surface area contributed by atoms with E-state index in [4.69, 9.17) is 9.47 Å². The molecule has 8 heteroatoms. The number of ether oxygens (including phenoxy) is 2. The van der Waals surface area contributed by atoms with E-state index in [0.717, 1.165) is 52.4 Å². The smallest absolute Gasteiger partial charge is 0.119 e. The van der Waals surface area contributed by atoms with Crippen LogP contribution in [0.3, 0.4) is 0 Å². The summed E-state index contributed by atoms with van der Waals surface area (Å²) in [6, 6.07) is 43.2. The number of nitrogens with zero attached hydrogens (tertiary/aromatic N) is 4. The predicted octanol–water partition coefficient (Wildman–Crippen LogP) is 5.94. The normalized spacial score (nSPS) is 19.1. The lowest BCUT2D eigenvalue weighted by Crippen LogP contribution is -2.50. The van der Waals surface area contributed by atoms with E-state index < -0.39 is 12.2 Å². The quantitative estimate of drug-likeness (QED) is 0.164. The average Bonchev–Trinajstić information content (AvgIpc) is 3.74. The number of fused-ring (bicyclic) bond motifs is 6. The first-order valence-electron chi connectivity index (χ1n) is 19.6. The van der Waals surface area contributed by atoms with Gasteiger partial charge in [0, 0.05) is 65.4 Å². The third kappa shape index (κ3) is 7.18. The Hall–Kier alpha value is -4.54. The van der Waals surface area contributed by atoms with Crippen molar-refractivity contribution in [3.8, 4) is 33.8 Å². The van der Waals surface area contributed by atoms with Gasteiger partial charge in [-0.1, -0.05) is 97.1 Å². The standard InChI is InChI=1S/C46H50N4O4/c51-33(29-47-21-25-49(26-22-47)45-41-13-5-1-9-37(41)38-10-2-6-14-42(38)45)31-53-35-17-19-36(20-18-35)54-32-34(52)30-48-23-27-50(28-24-48)46-43-15-7-3-11-39(43)40-12-4-8-16-44(40)46/h1-20,33-34,45-46,51-52H,21-32H2/t33-,34-/m1/s1. The molecule has 0 bridgehead atoms. The molecule has 0 radical (unpaired) electrons. The fourth-order valence-corrected chi connectivity index (χ4v) is 9.17. The molecule has 0 unspecified atom stereocenters. The number of rotatable bonds is 12. The number of piperazine rings is 2. The van der Waals surface area contributed by atoms with Gasteiger partial charge in [-0.2, -0.15) is 0 Å². The Morgan fingerprint density at radius 1 is 0.426 bits per heavy atom. The van der Waals surface area contributed by atoms with E-state index in [-0.39, 0.29) is 13.2 Å². The van der Waals surface area contributed by atoms with Gasteiger partial charge in [0.15, 0.2) is 0 Å². The molecule has 278 valence electrons. The molecule has 2 fully saturated rings. The van der Waals surface area contributed by atoms with E-state index in [1.165, 1.54) is 44.5 Å². The van der Waals surface area contributed by atoms with Crippen LogP contribution in [0.4, 0.5) is 0 Å². The summed E-state index contributed by atoms with van der Waals surface area (Å²) in [4.78, 5) is 9.85. The molecular weight excluding hydrogens is 673 g/mol. The molecule has 2 atom stereocenters. The second-order valence-electron chi connectivity index (χ2n) is 15.2. The molecule has 5 aromatic carbocycles. The third-order valence-electron chi connectivity index (χ3n) is 11.8. The third-order valence-corrected chi connectivity index (χ3v) is 11.8. The zero-order valence-corrected chi connectivity index (χ0v) is 30.8. The second kappa shape index (κ2) is 15.7. The van der Waals surface area contributed by atoms with Crippen LogP contribution in [0.1, 0.15) is 34.3 Å². The summed E-state index contributed by atoms with van der Waals surface area (Å²) in [6.45, 7) is 9.12. The Balaban J connectivity index is 0.687.